The lowest BCUT2D eigenvalue weighted by molar-refractivity contribution is 0.0696. The molecule has 1 aromatic carbocycles. The number of hydrogen-bond acceptors (Lipinski definition) is 3. The molecule has 0 amide bonds. The highest BCUT2D eigenvalue weighted by Crippen LogP contribution is 2.26. The maximum atomic E-state index is 10.8. The summed E-state index contributed by atoms with van der Waals surface area (Å²) in [6.07, 6.45) is 1.70. The zero-order valence-corrected chi connectivity index (χ0v) is 10.9. The molecule has 0 aliphatic carbocycles. The van der Waals surface area contributed by atoms with Crippen LogP contribution >= 0.6 is 15.9 Å². The highest BCUT2D eigenvalue weighted by atomic mass is 79.9. The highest BCUT2D eigenvalue weighted by molar-refractivity contribution is 9.10. The number of pyridine rings is 1. The van der Waals surface area contributed by atoms with E-state index in [-0.39, 0.29) is 5.56 Å². The van der Waals surface area contributed by atoms with Crippen molar-refractivity contribution in [2.24, 2.45) is 0 Å². The molecule has 1 N–H and O–H groups in total. The molecule has 5 heteroatoms. The topological polar surface area (TPSA) is 59.4 Å². The molecule has 0 atom stereocenters. The largest absolute Gasteiger partial charge is 0.486 e. The van der Waals surface area contributed by atoms with Gasteiger partial charge in [0.05, 0.1) is 15.7 Å². The minimum absolute atomic E-state index is 0.215. The van der Waals surface area contributed by atoms with Gasteiger partial charge in [-0.3, -0.25) is 4.98 Å². The first kappa shape index (κ1) is 12.6. The molecule has 0 aliphatic rings. The summed E-state index contributed by atoms with van der Waals surface area (Å²) in [6, 6.07) is 10.2. The summed E-state index contributed by atoms with van der Waals surface area (Å²) in [6.45, 7) is 0.339. The van der Waals surface area contributed by atoms with Crippen molar-refractivity contribution >= 4 is 21.9 Å². The Morgan fingerprint density at radius 1 is 1.33 bits per heavy atom. The van der Waals surface area contributed by atoms with E-state index < -0.39 is 5.97 Å². The van der Waals surface area contributed by atoms with Gasteiger partial charge in [-0.05, 0) is 46.3 Å². The Balaban J connectivity index is 2.08. The summed E-state index contributed by atoms with van der Waals surface area (Å²) in [5.41, 5.74) is 1.03. The monoisotopic (exact) mass is 307 g/mol. The minimum atomic E-state index is -0.966. The standard InChI is InChI=1S/C13H10BrNO3/c14-11-7-9(13(16)17)4-5-12(11)18-8-10-3-1-2-6-15-10/h1-7H,8H2,(H,16,17). The molecular weight excluding hydrogens is 298 g/mol. The molecule has 0 saturated carbocycles. The van der Waals surface area contributed by atoms with Crippen molar-refractivity contribution in [3.05, 3.63) is 58.3 Å². The van der Waals surface area contributed by atoms with E-state index in [1.165, 1.54) is 12.1 Å². The van der Waals surface area contributed by atoms with Crippen molar-refractivity contribution in [1.29, 1.82) is 0 Å². The first-order valence-electron chi connectivity index (χ1n) is 5.22. The molecule has 0 fully saturated rings. The third-order valence-corrected chi connectivity index (χ3v) is 2.90. The lowest BCUT2D eigenvalue weighted by atomic mass is 10.2. The lowest BCUT2D eigenvalue weighted by Gasteiger charge is -2.08. The van der Waals surface area contributed by atoms with Gasteiger partial charge >= 0.3 is 5.97 Å². The summed E-state index contributed by atoms with van der Waals surface area (Å²) in [5, 5.41) is 8.84. The van der Waals surface area contributed by atoms with Gasteiger partial charge in [0.2, 0.25) is 0 Å². The molecule has 0 unspecified atom stereocenters. The van der Waals surface area contributed by atoms with Crippen LogP contribution in [0, 0.1) is 0 Å². The van der Waals surface area contributed by atoms with E-state index >= 15 is 0 Å². The van der Waals surface area contributed by atoms with Gasteiger partial charge in [-0.15, -0.1) is 0 Å². The van der Waals surface area contributed by atoms with Crippen LogP contribution in [0.2, 0.25) is 0 Å². The highest BCUT2D eigenvalue weighted by Gasteiger charge is 2.07. The summed E-state index contributed by atoms with van der Waals surface area (Å²) < 4.78 is 6.16. The summed E-state index contributed by atoms with van der Waals surface area (Å²) >= 11 is 3.28. The number of hydrogen-bond donors (Lipinski definition) is 1. The quantitative estimate of drug-likeness (QED) is 0.943. The smallest absolute Gasteiger partial charge is 0.335 e. The van der Waals surface area contributed by atoms with Gasteiger partial charge in [0.25, 0.3) is 0 Å². The Morgan fingerprint density at radius 2 is 2.17 bits per heavy atom. The third-order valence-electron chi connectivity index (χ3n) is 2.28. The predicted octanol–water partition coefficient (Wildman–Crippen LogP) is 3.12. The van der Waals surface area contributed by atoms with Crippen LogP contribution in [0.25, 0.3) is 0 Å². The number of carbonyl (C=O) groups is 1. The number of carboxylic acids is 1. The van der Waals surface area contributed by atoms with Gasteiger partial charge in [0.15, 0.2) is 0 Å². The molecule has 1 aromatic heterocycles. The van der Waals surface area contributed by atoms with Gasteiger partial charge in [-0.25, -0.2) is 4.79 Å². The van der Waals surface area contributed by atoms with Crippen LogP contribution in [0.3, 0.4) is 0 Å². The average molecular weight is 308 g/mol. The van der Waals surface area contributed by atoms with Crippen molar-refractivity contribution in [2.75, 3.05) is 0 Å². The van der Waals surface area contributed by atoms with Crippen molar-refractivity contribution in [1.82, 2.24) is 4.98 Å². The number of nitrogens with zero attached hydrogens (tertiary/aromatic N) is 1. The molecule has 2 aromatic rings. The van der Waals surface area contributed by atoms with Crippen LogP contribution in [0.4, 0.5) is 0 Å². The van der Waals surface area contributed by atoms with Gasteiger partial charge in [-0.2, -0.15) is 0 Å². The number of carboxylic acid groups (broad SMARTS) is 1. The van der Waals surface area contributed by atoms with E-state index in [2.05, 4.69) is 20.9 Å². The second-order valence-electron chi connectivity index (χ2n) is 3.56. The summed E-state index contributed by atoms with van der Waals surface area (Å²) in [5.74, 6) is -0.377. The molecule has 0 aliphatic heterocycles. The second kappa shape index (κ2) is 5.64. The molecule has 4 nitrogen and oxygen atoms in total. The van der Waals surface area contributed by atoms with Crippen LogP contribution in [0.15, 0.2) is 47.1 Å². The Morgan fingerprint density at radius 3 is 2.78 bits per heavy atom. The number of benzene rings is 1. The molecular formula is C13H10BrNO3. The minimum Gasteiger partial charge on any atom is -0.486 e. The third kappa shape index (κ3) is 3.07. The van der Waals surface area contributed by atoms with Crippen LogP contribution in [0.1, 0.15) is 16.1 Å². The summed E-state index contributed by atoms with van der Waals surface area (Å²) in [7, 11) is 0. The number of halogens is 1. The van der Waals surface area contributed by atoms with Gasteiger partial charge in [0, 0.05) is 6.20 Å². The molecule has 0 bridgehead atoms. The Labute approximate surface area is 112 Å². The average Bonchev–Trinajstić information content (AvgIpc) is 2.38. The lowest BCUT2D eigenvalue weighted by Crippen LogP contribution is -2.00. The van der Waals surface area contributed by atoms with E-state index in [1.54, 1.807) is 12.3 Å². The van der Waals surface area contributed by atoms with E-state index in [9.17, 15) is 4.79 Å². The van der Waals surface area contributed by atoms with Crippen molar-refractivity contribution < 1.29 is 14.6 Å². The SMILES string of the molecule is O=C(O)c1ccc(OCc2ccccn2)c(Br)c1. The maximum absolute atomic E-state index is 10.8. The number of rotatable bonds is 4. The van der Waals surface area contributed by atoms with Crippen LogP contribution in [0.5, 0.6) is 5.75 Å². The number of aromatic carboxylic acids is 1. The zero-order valence-electron chi connectivity index (χ0n) is 9.34. The van der Waals surface area contributed by atoms with E-state index in [1.807, 2.05) is 18.2 Å². The van der Waals surface area contributed by atoms with Crippen molar-refractivity contribution in [3.8, 4) is 5.75 Å². The Bertz CT molecular complexity index is 557. The first-order valence-corrected chi connectivity index (χ1v) is 6.01. The Hall–Kier alpha value is -1.88. The normalized spacial score (nSPS) is 10.1. The van der Waals surface area contributed by atoms with Gasteiger partial charge < -0.3 is 9.84 Å². The fourth-order valence-electron chi connectivity index (χ4n) is 1.39. The van der Waals surface area contributed by atoms with Crippen molar-refractivity contribution in [3.63, 3.8) is 0 Å². The van der Waals surface area contributed by atoms with E-state index in [0.717, 1.165) is 5.69 Å². The molecule has 0 radical (unpaired) electrons. The first-order chi connectivity index (χ1) is 8.66. The fourth-order valence-corrected chi connectivity index (χ4v) is 1.88. The predicted molar refractivity (Wildman–Crippen MR) is 69.7 cm³/mol. The molecule has 0 saturated heterocycles. The molecule has 1 heterocycles. The van der Waals surface area contributed by atoms with Gasteiger partial charge in [-0.1, -0.05) is 6.07 Å². The maximum Gasteiger partial charge on any atom is 0.335 e. The molecule has 2 rings (SSSR count). The molecule has 0 spiro atoms. The zero-order chi connectivity index (χ0) is 13.0. The van der Waals surface area contributed by atoms with Crippen LogP contribution in [-0.2, 0) is 6.61 Å². The second-order valence-corrected chi connectivity index (χ2v) is 4.41. The Kier molecular flexibility index (Phi) is 3.94. The number of ether oxygens (including phenoxy) is 1. The summed E-state index contributed by atoms with van der Waals surface area (Å²) in [4.78, 5) is 14.9. The molecule has 18 heavy (non-hydrogen) atoms. The van der Waals surface area contributed by atoms with E-state index in [4.69, 9.17) is 9.84 Å². The number of aromatic nitrogens is 1. The molecule has 92 valence electrons. The van der Waals surface area contributed by atoms with Crippen LogP contribution in [-0.4, -0.2) is 16.1 Å². The van der Waals surface area contributed by atoms with E-state index in [0.29, 0.717) is 16.8 Å². The fraction of sp³-hybridized carbons (Fsp3) is 0.0769. The van der Waals surface area contributed by atoms with Crippen molar-refractivity contribution in [2.45, 2.75) is 6.61 Å². The van der Waals surface area contributed by atoms with Crippen LogP contribution < -0.4 is 4.74 Å². The van der Waals surface area contributed by atoms with Gasteiger partial charge in [0.1, 0.15) is 12.4 Å².